The van der Waals surface area contributed by atoms with Crippen LogP contribution in [0.25, 0.3) is 0 Å². The van der Waals surface area contributed by atoms with E-state index in [9.17, 15) is 0 Å². The Morgan fingerprint density at radius 1 is 1.50 bits per heavy atom. The average molecular weight is 218 g/mol. The van der Waals surface area contributed by atoms with Crippen LogP contribution in [0.1, 0.15) is 25.5 Å². The lowest BCUT2D eigenvalue weighted by Crippen LogP contribution is -2.63. The van der Waals surface area contributed by atoms with E-state index in [0.29, 0.717) is 5.92 Å². The van der Waals surface area contributed by atoms with Crippen LogP contribution in [-0.4, -0.2) is 24.2 Å². The summed E-state index contributed by atoms with van der Waals surface area (Å²) in [6, 6.07) is 4.04. The van der Waals surface area contributed by atoms with Gasteiger partial charge in [0.2, 0.25) is 0 Å². The fourth-order valence-corrected chi connectivity index (χ4v) is 2.87. The Balaban J connectivity index is 2.04. The maximum Gasteiger partial charge on any atom is 0.171 e. The zero-order chi connectivity index (χ0) is 11.3. The third-order valence-electron chi connectivity index (χ3n) is 4.37. The maximum absolute atomic E-state index is 5.87. The Morgan fingerprint density at radius 2 is 2.31 bits per heavy atom. The Morgan fingerprint density at radius 3 is 2.94 bits per heavy atom. The molecule has 0 amide bonds. The number of aryl methyl sites for hydroxylation is 1. The summed E-state index contributed by atoms with van der Waals surface area (Å²) in [7, 11) is 2.16. The first-order chi connectivity index (χ1) is 7.63. The summed E-state index contributed by atoms with van der Waals surface area (Å²) in [5.41, 5.74) is 1.26. The number of anilines is 1. The summed E-state index contributed by atoms with van der Waals surface area (Å²) < 4.78 is 5.87. The van der Waals surface area contributed by atoms with Crippen LogP contribution in [0.2, 0.25) is 0 Å². The molecule has 3 heteroatoms. The molecule has 0 saturated heterocycles. The third kappa shape index (κ3) is 1.11. The van der Waals surface area contributed by atoms with Crippen molar-refractivity contribution in [2.75, 3.05) is 18.6 Å². The van der Waals surface area contributed by atoms with Crippen molar-refractivity contribution in [2.24, 2.45) is 5.92 Å². The van der Waals surface area contributed by atoms with Crippen LogP contribution in [0, 0.1) is 12.8 Å². The molecule has 1 fully saturated rings. The number of aromatic nitrogens is 1. The second kappa shape index (κ2) is 3.12. The third-order valence-corrected chi connectivity index (χ3v) is 4.37. The lowest BCUT2D eigenvalue weighted by molar-refractivity contribution is 0.0598. The highest BCUT2D eigenvalue weighted by Crippen LogP contribution is 2.48. The van der Waals surface area contributed by atoms with Gasteiger partial charge in [0.1, 0.15) is 6.61 Å². The quantitative estimate of drug-likeness (QED) is 0.668. The fraction of sp³-hybridized carbons (Fsp3) is 0.615. The first-order valence-corrected chi connectivity index (χ1v) is 5.98. The van der Waals surface area contributed by atoms with Gasteiger partial charge in [-0.15, -0.1) is 0 Å². The maximum atomic E-state index is 5.87. The lowest BCUT2D eigenvalue weighted by Gasteiger charge is -2.56. The van der Waals surface area contributed by atoms with Crippen molar-refractivity contribution in [1.29, 1.82) is 0 Å². The number of rotatable bonds is 0. The molecule has 1 aromatic rings. The number of hydrogen-bond acceptors (Lipinski definition) is 3. The summed E-state index contributed by atoms with van der Waals surface area (Å²) in [6.45, 7) is 5.14. The summed E-state index contributed by atoms with van der Waals surface area (Å²) >= 11 is 0. The van der Waals surface area contributed by atoms with E-state index >= 15 is 0 Å². The van der Waals surface area contributed by atoms with Gasteiger partial charge in [0, 0.05) is 12.7 Å². The van der Waals surface area contributed by atoms with E-state index in [1.807, 2.05) is 19.1 Å². The van der Waals surface area contributed by atoms with Crippen molar-refractivity contribution < 1.29 is 4.74 Å². The molecule has 16 heavy (non-hydrogen) atoms. The van der Waals surface area contributed by atoms with E-state index in [2.05, 4.69) is 23.9 Å². The van der Waals surface area contributed by atoms with E-state index in [4.69, 9.17) is 4.74 Å². The fourth-order valence-electron chi connectivity index (χ4n) is 2.87. The number of fused-ring (bicyclic) bond motifs is 1. The van der Waals surface area contributed by atoms with Crippen molar-refractivity contribution in [3.8, 4) is 5.75 Å². The van der Waals surface area contributed by atoms with Gasteiger partial charge in [0.25, 0.3) is 0 Å². The number of hydrogen-bond donors (Lipinski definition) is 0. The summed E-state index contributed by atoms with van der Waals surface area (Å²) in [5.74, 6) is 2.64. The monoisotopic (exact) mass is 218 g/mol. The zero-order valence-corrected chi connectivity index (χ0v) is 10.2. The van der Waals surface area contributed by atoms with Crippen molar-refractivity contribution in [2.45, 2.75) is 32.2 Å². The molecule has 1 saturated carbocycles. The van der Waals surface area contributed by atoms with Crippen molar-refractivity contribution in [1.82, 2.24) is 4.98 Å². The predicted molar refractivity (Wildman–Crippen MR) is 64.0 cm³/mol. The van der Waals surface area contributed by atoms with E-state index in [-0.39, 0.29) is 5.54 Å². The zero-order valence-electron chi connectivity index (χ0n) is 10.2. The van der Waals surface area contributed by atoms with Crippen LogP contribution < -0.4 is 9.64 Å². The summed E-state index contributed by atoms with van der Waals surface area (Å²) in [6.07, 6.45) is 2.52. The Labute approximate surface area is 96.4 Å². The first-order valence-electron chi connectivity index (χ1n) is 5.98. The number of likely N-dealkylation sites (N-methyl/N-ethyl adjacent to an activating group) is 1. The van der Waals surface area contributed by atoms with Crippen LogP contribution in [-0.2, 0) is 0 Å². The molecule has 2 heterocycles. The molecule has 2 unspecified atom stereocenters. The summed E-state index contributed by atoms with van der Waals surface area (Å²) in [5, 5.41) is 0. The molecule has 0 aromatic carbocycles. The van der Waals surface area contributed by atoms with Gasteiger partial charge in [0.15, 0.2) is 11.6 Å². The molecule has 1 spiro atoms. The second-order valence-corrected chi connectivity index (χ2v) is 5.17. The molecular weight excluding hydrogens is 200 g/mol. The lowest BCUT2D eigenvalue weighted by atomic mass is 9.66. The molecule has 2 aliphatic rings. The van der Waals surface area contributed by atoms with Gasteiger partial charge in [-0.25, -0.2) is 4.98 Å². The molecule has 3 nitrogen and oxygen atoms in total. The molecule has 0 radical (unpaired) electrons. The SMILES string of the molecule is Cc1ccc2c(n1)N(C)C1(CCC1C)CO2. The van der Waals surface area contributed by atoms with Crippen LogP contribution in [0.5, 0.6) is 5.75 Å². The minimum atomic E-state index is 0.202. The van der Waals surface area contributed by atoms with Gasteiger partial charge >= 0.3 is 0 Å². The van der Waals surface area contributed by atoms with Gasteiger partial charge in [-0.3, -0.25) is 0 Å². The highest BCUT2D eigenvalue weighted by Gasteiger charge is 2.51. The van der Waals surface area contributed by atoms with E-state index in [1.165, 1.54) is 12.8 Å². The Kier molecular flexibility index (Phi) is 1.94. The Bertz CT molecular complexity index is 432. The number of ether oxygens (including phenoxy) is 1. The normalized spacial score (nSPS) is 31.9. The molecule has 1 aliphatic carbocycles. The molecule has 0 bridgehead atoms. The van der Waals surface area contributed by atoms with Crippen molar-refractivity contribution in [3.05, 3.63) is 17.8 Å². The number of pyridine rings is 1. The van der Waals surface area contributed by atoms with Crippen LogP contribution in [0.4, 0.5) is 5.82 Å². The average Bonchev–Trinajstić information content (AvgIpc) is 2.28. The topological polar surface area (TPSA) is 25.4 Å². The van der Waals surface area contributed by atoms with Gasteiger partial charge in [-0.1, -0.05) is 6.92 Å². The molecule has 1 aliphatic heterocycles. The van der Waals surface area contributed by atoms with Crippen molar-refractivity contribution in [3.63, 3.8) is 0 Å². The van der Waals surface area contributed by atoms with E-state index in [0.717, 1.165) is 23.9 Å². The van der Waals surface area contributed by atoms with Crippen LogP contribution in [0.3, 0.4) is 0 Å². The second-order valence-electron chi connectivity index (χ2n) is 5.17. The largest absolute Gasteiger partial charge is 0.487 e. The van der Waals surface area contributed by atoms with E-state index < -0.39 is 0 Å². The highest BCUT2D eigenvalue weighted by atomic mass is 16.5. The molecular formula is C13H18N2O. The Hall–Kier alpha value is -1.25. The van der Waals surface area contributed by atoms with Gasteiger partial charge in [-0.2, -0.15) is 0 Å². The molecule has 86 valence electrons. The number of nitrogens with zero attached hydrogens (tertiary/aromatic N) is 2. The smallest absolute Gasteiger partial charge is 0.171 e. The van der Waals surface area contributed by atoms with Crippen LogP contribution in [0.15, 0.2) is 12.1 Å². The van der Waals surface area contributed by atoms with Gasteiger partial charge in [-0.05, 0) is 37.8 Å². The minimum absolute atomic E-state index is 0.202. The molecule has 1 aromatic heterocycles. The van der Waals surface area contributed by atoms with E-state index in [1.54, 1.807) is 0 Å². The van der Waals surface area contributed by atoms with Crippen molar-refractivity contribution >= 4 is 5.82 Å². The first kappa shape index (κ1) is 9.94. The van der Waals surface area contributed by atoms with Gasteiger partial charge in [0.05, 0.1) is 5.54 Å². The molecule has 0 N–H and O–H groups in total. The minimum Gasteiger partial charge on any atom is -0.487 e. The van der Waals surface area contributed by atoms with Crippen LogP contribution >= 0.6 is 0 Å². The predicted octanol–water partition coefficient (Wildman–Crippen LogP) is 2.39. The van der Waals surface area contributed by atoms with Gasteiger partial charge < -0.3 is 9.64 Å². The highest BCUT2D eigenvalue weighted by molar-refractivity contribution is 5.57. The molecule has 3 rings (SSSR count). The standard InChI is InChI=1S/C13H18N2O/c1-9-6-7-13(9)8-16-11-5-4-10(2)14-12(11)15(13)3/h4-5,9H,6-8H2,1-3H3. The molecule has 2 atom stereocenters. The summed E-state index contributed by atoms with van der Waals surface area (Å²) in [4.78, 5) is 6.95.